The fourth-order valence-corrected chi connectivity index (χ4v) is 13.0. The van der Waals surface area contributed by atoms with Gasteiger partial charge in [0.2, 0.25) is 0 Å². The average Bonchev–Trinajstić information content (AvgIpc) is 3.53. The molecule has 0 aromatic heterocycles. The Kier molecular flexibility index (Phi) is 16.4. The van der Waals surface area contributed by atoms with E-state index in [4.69, 9.17) is 56.0 Å². The minimum Gasteiger partial charge on any atom is -0.438 e. The molecule has 0 aliphatic carbocycles. The lowest BCUT2D eigenvalue weighted by Gasteiger charge is -2.29. The SMILES string of the molecule is c1ccc(C2OCCCO2)c(CP(Oc2ccccc2C2OCCCO2)Oc2ccc3ccccc3c2-c2c(OP(Cc3ccccc3C3OCCCO3)Oc3ccccc3C3OCCCO3)ccc3ccccc23)c1. The molecule has 0 N–H and O–H groups in total. The minimum atomic E-state index is -1.81. The molecule has 0 bridgehead atoms. The molecule has 4 heterocycles. The summed E-state index contributed by atoms with van der Waals surface area (Å²) in [6, 6.07) is 57.4. The van der Waals surface area contributed by atoms with Crippen molar-refractivity contribution >= 4 is 38.3 Å². The molecule has 76 heavy (non-hydrogen) atoms. The van der Waals surface area contributed by atoms with Crippen molar-refractivity contribution < 1.29 is 56.0 Å². The normalized spacial score (nSPS) is 18.1. The van der Waals surface area contributed by atoms with E-state index in [1.165, 1.54) is 0 Å². The zero-order valence-corrected chi connectivity index (χ0v) is 44.0. The maximum absolute atomic E-state index is 7.51. The molecule has 4 aliphatic rings. The highest BCUT2D eigenvalue weighted by Gasteiger charge is 2.32. The van der Waals surface area contributed by atoms with Crippen molar-refractivity contribution in [3.8, 4) is 34.1 Å². The van der Waals surface area contributed by atoms with Crippen LogP contribution in [0, 0.1) is 0 Å². The monoisotopic (exact) mass is 1060 g/mol. The Morgan fingerprint density at radius 2 is 0.605 bits per heavy atom. The van der Waals surface area contributed by atoms with Gasteiger partial charge in [0.25, 0.3) is 16.8 Å². The van der Waals surface area contributed by atoms with Crippen LogP contribution in [0.5, 0.6) is 23.0 Å². The average molecular weight is 1060 g/mol. The molecule has 0 spiro atoms. The van der Waals surface area contributed by atoms with E-state index in [0.717, 1.165) is 91.7 Å². The summed E-state index contributed by atoms with van der Waals surface area (Å²) in [4.78, 5) is 0. The second-order valence-electron chi connectivity index (χ2n) is 18.8. The van der Waals surface area contributed by atoms with Crippen LogP contribution >= 0.6 is 16.8 Å². The van der Waals surface area contributed by atoms with Gasteiger partial charge < -0.3 is 56.0 Å². The van der Waals surface area contributed by atoms with Gasteiger partial charge in [-0.1, -0.05) is 146 Å². The lowest BCUT2D eigenvalue weighted by Crippen LogP contribution is -2.19. The molecule has 0 amide bonds. The molecular weight excluding hydrogens is 999 g/mol. The first-order valence-corrected chi connectivity index (χ1v) is 29.0. The summed E-state index contributed by atoms with van der Waals surface area (Å²) in [6.07, 6.45) is 1.97. The first-order valence-electron chi connectivity index (χ1n) is 26.3. The number of benzene rings is 8. The maximum atomic E-state index is 7.51. The van der Waals surface area contributed by atoms with Crippen molar-refractivity contribution in [2.24, 2.45) is 0 Å². The molecule has 8 aromatic rings. The molecule has 12 rings (SSSR count). The van der Waals surface area contributed by atoms with Gasteiger partial charge in [0.15, 0.2) is 25.2 Å². The summed E-state index contributed by atoms with van der Waals surface area (Å²) < 4.78 is 78.9. The summed E-state index contributed by atoms with van der Waals surface area (Å²) in [5.74, 6) is 2.48. The summed E-state index contributed by atoms with van der Waals surface area (Å²) in [5.41, 5.74) is 7.18. The van der Waals surface area contributed by atoms with Crippen LogP contribution in [0.4, 0.5) is 0 Å². The van der Waals surface area contributed by atoms with E-state index in [1.807, 2.05) is 72.8 Å². The highest BCUT2D eigenvalue weighted by molar-refractivity contribution is 7.47. The third-order valence-electron chi connectivity index (χ3n) is 13.7. The summed E-state index contributed by atoms with van der Waals surface area (Å²) in [5, 5.41) is 4.02. The number of ether oxygens (including phenoxy) is 8. The second-order valence-corrected chi connectivity index (χ2v) is 21.5. The first kappa shape index (κ1) is 50.8. The van der Waals surface area contributed by atoms with Crippen molar-refractivity contribution in [1.29, 1.82) is 0 Å². The third kappa shape index (κ3) is 11.6. The third-order valence-corrected chi connectivity index (χ3v) is 16.5. The lowest BCUT2D eigenvalue weighted by molar-refractivity contribution is -0.183. The van der Waals surface area contributed by atoms with Crippen LogP contribution in [-0.4, -0.2) is 52.9 Å². The van der Waals surface area contributed by atoms with E-state index in [-0.39, 0.29) is 0 Å². The van der Waals surface area contributed by atoms with Gasteiger partial charge in [-0.3, -0.25) is 0 Å². The maximum Gasteiger partial charge on any atom is 0.295 e. The van der Waals surface area contributed by atoms with E-state index < -0.39 is 41.9 Å². The summed E-state index contributed by atoms with van der Waals surface area (Å²) in [6.45, 7) is 4.83. The van der Waals surface area contributed by atoms with Gasteiger partial charge in [0.05, 0.1) is 76.3 Å². The van der Waals surface area contributed by atoms with Crippen LogP contribution in [0.3, 0.4) is 0 Å². The molecule has 2 unspecified atom stereocenters. The molecule has 8 aromatic carbocycles. The topological polar surface area (TPSA) is 111 Å². The molecule has 2 atom stereocenters. The van der Waals surface area contributed by atoms with E-state index in [0.29, 0.717) is 88.2 Å². The van der Waals surface area contributed by atoms with Crippen LogP contribution in [-0.2, 0) is 50.2 Å². The standard InChI is InChI=1S/C62H60O12P2/c1-5-21-47-43(17-1)29-31-55(73-75(41-45-19-3-7-23-49(45)59-63-33-13-34-64-59)71-53-27-11-9-25-51(53)61-67-37-15-38-68-61)57(47)58-48-22-6-2-18-44(48)30-32-56(58)74-76(42-46-20-4-8-24-50(46)60-65-35-14-36-66-60)72-54-28-12-10-26-52(54)62-69-39-16-40-70-62/h1-12,17-32,59-62H,13-16,33-42H2. The summed E-state index contributed by atoms with van der Waals surface area (Å²) in [7, 11) is -3.63. The zero-order valence-electron chi connectivity index (χ0n) is 42.2. The predicted molar refractivity (Wildman–Crippen MR) is 293 cm³/mol. The largest absolute Gasteiger partial charge is 0.438 e. The molecule has 4 aliphatic heterocycles. The van der Waals surface area contributed by atoms with Crippen molar-refractivity contribution in [3.05, 3.63) is 203 Å². The Hall–Kier alpha value is -5.98. The van der Waals surface area contributed by atoms with Crippen molar-refractivity contribution in [1.82, 2.24) is 0 Å². The van der Waals surface area contributed by atoms with Gasteiger partial charge in [-0.2, -0.15) is 0 Å². The smallest absolute Gasteiger partial charge is 0.295 e. The molecule has 4 fully saturated rings. The van der Waals surface area contributed by atoms with Gasteiger partial charge in [-0.25, -0.2) is 0 Å². The molecular formula is C62H60O12P2. The fraction of sp³-hybridized carbons (Fsp3) is 0.290. The van der Waals surface area contributed by atoms with E-state index in [9.17, 15) is 0 Å². The fourth-order valence-electron chi connectivity index (χ4n) is 10.1. The Bertz CT molecular complexity index is 2880. The van der Waals surface area contributed by atoms with Gasteiger partial charge in [0.1, 0.15) is 23.0 Å². The second kappa shape index (κ2) is 24.6. The number of hydrogen-bond donors (Lipinski definition) is 0. The molecule has 0 radical (unpaired) electrons. The number of fused-ring (bicyclic) bond motifs is 2. The Labute approximate surface area is 445 Å². The van der Waals surface area contributed by atoms with Crippen LogP contribution in [0.2, 0.25) is 0 Å². The highest BCUT2D eigenvalue weighted by Crippen LogP contribution is 2.55. The van der Waals surface area contributed by atoms with E-state index in [2.05, 4.69) is 97.1 Å². The van der Waals surface area contributed by atoms with Crippen LogP contribution < -0.4 is 18.1 Å². The quantitative estimate of drug-likeness (QED) is 0.0810. The van der Waals surface area contributed by atoms with Crippen molar-refractivity contribution in [3.63, 3.8) is 0 Å². The molecule has 12 nitrogen and oxygen atoms in total. The zero-order chi connectivity index (χ0) is 50.9. The van der Waals surface area contributed by atoms with Gasteiger partial charge >= 0.3 is 0 Å². The minimum absolute atomic E-state index is 0.404. The number of rotatable bonds is 17. The highest BCUT2D eigenvalue weighted by atomic mass is 31.2. The molecule has 14 heteroatoms. The van der Waals surface area contributed by atoms with E-state index >= 15 is 0 Å². The molecule has 0 saturated carbocycles. The van der Waals surface area contributed by atoms with Crippen molar-refractivity contribution in [2.45, 2.75) is 63.2 Å². The Morgan fingerprint density at radius 3 is 1.00 bits per heavy atom. The lowest BCUT2D eigenvalue weighted by atomic mass is 9.92. The van der Waals surface area contributed by atoms with Crippen LogP contribution in [0.1, 0.15) is 84.2 Å². The number of hydrogen-bond acceptors (Lipinski definition) is 12. The Balaban J connectivity index is 0.988. The van der Waals surface area contributed by atoms with Crippen LogP contribution in [0.15, 0.2) is 170 Å². The van der Waals surface area contributed by atoms with Crippen LogP contribution in [0.25, 0.3) is 32.7 Å². The van der Waals surface area contributed by atoms with Gasteiger partial charge in [0, 0.05) is 22.3 Å². The summed E-state index contributed by atoms with van der Waals surface area (Å²) >= 11 is 0. The van der Waals surface area contributed by atoms with E-state index in [1.54, 1.807) is 0 Å². The molecule has 4 saturated heterocycles. The molecule has 390 valence electrons. The first-order chi connectivity index (χ1) is 37.7. The van der Waals surface area contributed by atoms with Gasteiger partial charge in [-0.05, 0) is 82.6 Å². The predicted octanol–water partition coefficient (Wildman–Crippen LogP) is 15.3. The van der Waals surface area contributed by atoms with Crippen molar-refractivity contribution in [2.75, 3.05) is 52.9 Å². The number of para-hydroxylation sites is 2. The Morgan fingerprint density at radius 1 is 0.303 bits per heavy atom. The van der Waals surface area contributed by atoms with Gasteiger partial charge in [-0.15, -0.1) is 0 Å².